The maximum atomic E-state index is 4.98. The summed E-state index contributed by atoms with van der Waals surface area (Å²) in [5.74, 6) is 1.30. The van der Waals surface area contributed by atoms with Gasteiger partial charge in [-0.25, -0.2) is 0 Å². The van der Waals surface area contributed by atoms with E-state index in [0.29, 0.717) is 18.3 Å². The molecule has 1 aromatic heterocycles. The second-order valence-corrected chi connectivity index (χ2v) is 3.32. The molecule has 0 aliphatic rings. The van der Waals surface area contributed by atoms with Gasteiger partial charge in [0, 0.05) is 6.54 Å². The van der Waals surface area contributed by atoms with Gasteiger partial charge in [-0.1, -0.05) is 35.5 Å². The van der Waals surface area contributed by atoms with E-state index in [1.54, 1.807) is 0 Å². The van der Waals surface area contributed by atoms with Crippen LogP contribution in [0.3, 0.4) is 0 Å². The second kappa shape index (κ2) is 4.70. The largest absolute Gasteiger partial charge is 0.338 e. The highest BCUT2D eigenvalue weighted by Gasteiger charge is 2.00. The lowest BCUT2D eigenvalue weighted by atomic mass is 10.2. The molecular weight excluding hydrogens is 190 g/mol. The number of nitrogens with zero attached hydrogens (tertiary/aromatic N) is 2. The molecule has 0 atom stereocenters. The molecule has 2 aromatic rings. The third kappa shape index (κ3) is 2.89. The Bertz CT molecular complexity index is 411. The molecule has 0 bridgehead atoms. The van der Waals surface area contributed by atoms with Crippen LogP contribution in [0.15, 0.2) is 34.9 Å². The molecule has 4 nitrogen and oxygen atoms in total. The van der Waals surface area contributed by atoms with E-state index < -0.39 is 0 Å². The zero-order valence-electron chi connectivity index (χ0n) is 8.60. The Morgan fingerprint density at radius 3 is 2.67 bits per heavy atom. The number of benzene rings is 1. The minimum absolute atomic E-state index is 0.607. The van der Waals surface area contributed by atoms with E-state index >= 15 is 0 Å². The van der Waals surface area contributed by atoms with Crippen molar-refractivity contribution in [1.82, 2.24) is 15.5 Å². The van der Waals surface area contributed by atoms with E-state index in [1.165, 1.54) is 5.56 Å². The van der Waals surface area contributed by atoms with Gasteiger partial charge < -0.3 is 9.84 Å². The third-order valence-electron chi connectivity index (χ3n) is 2.02. The Hall–Kier alpha value is -1.68. The van der Waals surface area contributed by atoms with Crippen LogP contribution in [0.25, 0.3) is 0 Å². The van der Waals surface area contributed by atoms with Gasteiger partial charge in [0.2, 0.25) is 5.89 Å². The fraction of sp³-hybridized carbons (Fsp3) is 0.273. The number of aromatic nitrogens is 2. The Morgan fingerprint density at radius 2 is 2.00 bits per heavy atom. The molecule has 0 radical (unpaired) electrons. The fourth-order valence-corrected chi connectivity index (χ4v) is 1.32. The Labute approximate surface area is 88.3 Å². The van der Waals surface area contributed by atoms with E-state index in [9.17, 15) is 0 Å². The van der Waals surface area contributed by atoms with Crippen LogP contribution >= 0.6 is 0 Å². The average molecular weight is 203 g/mol. The van der Waals surface area contributed by atoms with E-state index in [1.807, 2.05) is 25.1 Å². The maximum Gasteiger partial charge on any atom is 0.240 e. The van der Waals surface area contributed by atoms with Gasteiger partial charge in [0.05, 0.1) is 6.54 Å². The monoisotopic (exact) mass is 203 g/mol. The van der Waals surface area contributed by atoms with Crippen LogP contribution in [0.2, 0.25) is 0 Å². The van der Waals surface area contributed by atoms with Gasteiger partial charge in [0.25, 0.3) is 0 Å². The van der Waals surface area contributed by atoms with Gasteiger partial charge in [0.1, 0.15) is 0 Å². The molecule has 0 saturated carbocycles. The van der Waals surface area contributed by atoms with E-state index in [2.05, 4.69) is 27.6 Å². The maximum absolute atomic E-state index is 4.98. The molecule has 0 aliphatic carbocycles. The number of aryl methyl sites for hydroxylation is 1. The first-order valence-electron chi connectivity index (χ1n) is 4.88. The highest BCUT2D eigenvalue weighted by atomic mass is 16.5. The van der Waals surface area contributed by atoms with Crippen LogP contribution in [-0.4, -0.2) is 10.1 Å². The van der Waals surface area contributed by atoms with Crippen LogP contribution in [0.5, 0.6) is 0 Å². The minimum atomic E-state index is 0.607. The van der Waals surface area contributed by atoms with Crippen molar-refractivity contribution in [2.45, 2.75) is 20.0 Å². The average Bonchev–Trinajstić information content (AvgIpc) is 2.66. The summed E-state index contributed by atoms with van der Waals surface area (Å²) in [6, 6.07) is 10.2. The molecule has 0 fully saturated rings. The van der Waals surface area contributed by atoms with Crippen LogP contribution in [0, 0.1) is 6.92 Å². The van der Waals surface area contributed by atoms with Gasteiger partial charge in [0.15, 0.2) is 5.82 Å². The van der Waals surface area contributed by atoms with Crippen molar-refractivity contribution in [2.75, 3.05) is 0 Å². The zero-order valence-corrected chi connectivity index (χ0v) is 8.60. The first-order chi connectivity index (χ1) is 7.34. The lowest BCUT2D eigenvalue weighted by molar-refractivity contribution is 0.364. The van der Waals surface area contributed by atoms with Crippen molar-refractivity contribution in [3.05, 3.63) is 47.6 Å². The van der Waals surface area contributed by atoms with Crippen molar-refractivity contribution < 1.29 is 4.52 Å². The molecular formula is C11H13N3O. The molecule has 0 unspecified atom stereocenters. The summed E-state index contributed by atoms with van der Waals surface area (Å²) in [5, 5.41) is 6.95. The van der Waals surface area contributed by atoms with Crippen LogP contribution in [0.1, 0.15) is 17.3 Å². The number of hydrogen-bond donors (Lipinski definition) is 1. The molecule has 1 heterocycles. The topological polar surface area (TPSA) is 51.0 Å². The number of rotatable bonds is 4. The predicted octanol–water partition coefficient (Wildman–Crippen LogP) is 1.67. The Morgan fingerprint density at radius 1 is 1.20 bits per heavy atom. The Kier molecular flexibility index (Phi) is 3.09. The van der Waals surface area contributed by atoms with Crippen molar-refractivity contribution in [2.24, 2.45) is 0 Å². The van der Waals surface area contributed by atoms with Gasteiger partial charge in [-0.3, -0.25) is 0 Å². The third-order valence-corrected chi connectivity index (χ3v) is 2.02. The lowest BCUT2D eigenvalue weighted by Crippen LogP contribution is -2.12. The fourth-order valence-electron chi connectivity index (χ4n) is 1.32. The summed E-state index contributed by atoms with van der Waals surface area (Å²) in [7, 11) is 0. The van der Waals surface area contributed by atoms with Crippen LogP contribution in [0.4, 0.5) is 0 Å². The SMILES string of the molecule is Cc1noc(CNCc2ccccc2)n1. The number of nitrogens with one attached hydrogen (secondary N) is 1. The lowest BCUT2D eigenvalue weighted by Gasteiger charge is -2.00. The quantitative estimate of drug-likeness (QED) is 0.821. The summed E-state index contributed by atoms with van der Waals surface area (Å²) < 4.78 is 4.98. The molecule has 78 valence electrons. The zero-order chi connectivity index (χ0) is 10.5. The van der Waals surface area contributed by atoms with Crippen molar-refractivity contribution in [3.63, 3.8) is 0 Å². The number of hydrogen-bond acceptors (Lipinski definition) is 4. The summed E-state index contributed by atoms with van der Waals surface area (Å²) in [4.78, 5) is 4.10. The summed E-state index contributed by atoms with van der Waals surface area (Å²) in [6.45, 7) is 3.22. The van der Waals surface area contributed by atoms with Gasteiger partial charge >= 0.3 is 0 Å². The van der Waals surface area contributed by atoms with Gasteiger partial charge in [-0.05, 0) is 12.5 Å². The summed E-state index contributed by atoms with van der Waals surface area (Å²) in [6.07, 6.45) is 0. The van der Waals surface area contributed by atoms with E-state index in [0.717, 1.165) is 6.54 Å². The van der Waals surface area contributed by atoms with Crippen molar-refractivity contribution in [1.29, 1.82) is 0 Å². The molecule has 0 spiro atoms. The van der Waals surface area contributed by atoms with Crippen molar-refractivity contribution in [3.8, 4) is 0 Å². The highest BCUT2D eigenvalue weighted by Crippen LogP contribution is 1.99. The summed E-state index contributed by atoms with van der Waals surface area (Å²) in [5.41, 5.74) is 1.24. The first-order valence-corrected chi connectivity index (χ1v) is 4.88. The molecule has 0 saturated heterocycles. The molecule has 0 amide bonds. The van der Waals surface area contributed by atoms with Crippen LogP contribution < -0.4 is 5.32 Å². The molecule has 1 N–H and O–H groups in total. The minimum Gasteiger partial charge on any atom is -0.338 e. The Balaban J connectivity index is 1.80. The van der Waals surface area contributed by atoms with Gasteiger partial charge in [-0.15, -0.1) is 0 Å². The molecule has 2 rings (SSSR count). The molecule has 15 heavy (non-hydrogen) atoms. The smallest absolute Gasteiger partial charge is 0.240 e. The highest BCUT2D eigenvalue weighted by molar-refractivity contribution is 5.14. The van der Waals surface area contributed by atoms with Crippen molar-refractivity contribution >= 4 is 0 Å². The van der Waals surface area contributed by atoms with Gasteiger partial charge in [-0.2, -0.15) is 4.98 Å². The normalized spacial score (nSPS) is 10.5. The predicted molar refractivity (Wildman–Crippen MR) is 56.0 cm³/mol. The molecule has 0 aliphatic heterocycles. The summed E-state index contributed by atoms with van der Waals surface area (Å²) >= 11 is 0. The molecule has 1 aromatic carbocycles. The molecule has 4 heteroatoms. The first kappa shape index (κ1) is 9.86. The van der Waals surface area contributed by atoms with E-state index in [4.69, 9.17) is 4.52 Å². The van der Waals surface area contributed by atoms with Crippen LogP contribution in [-0.2, 0) is 13.1 Å². The second-order valence-electron chi connectivity index (χ2n) is 3.32. The standard InChI is InChI=1S/C11H13N3O/c1-9-13-11(15-14-9)8-12-7-10-5-3-2-4-6-10/h2-6,12H,7-8H2,1H3. The van der Waals surface area contributed by atoms with E-state index in [-0.39, 0.29) is 0 Å².